The van der Waals surface area contributed by atoms with Gasteiger partial charge < -0.3 is 15.2 Å². The zero-order valence-corrected chi connectivity index (χ0v) is 20.2. The fourth-order valence-electron chi connectivity index (χ4n) is 3.99. The summed E-state index contributed by atoms with van der Waals surface area (Å²) in [4.78, 5) is 25.0. The predicted octanol–water partition coefficient (Wildman–Crippen LogP) is 6.59. The Morgan fingerprint density at radius 1 is 1.12 bits per heavy atom. The summed E-state index contributed by atoms with van der Waals surface area (Å²) in [6.07, 6.45) is 4.14. The summed E-state index contributed by atoms with van der Waals surface area (Å²) >= 11 is 0. The molecule has 0 radical (unpaired) electrons. The van der Waals surface area contributed by atoms with Crippen LogP contribution in [0.4, 0.5) is 5.69 Å². The van der Waals surface area contributed by atoms with E-state index in [0.29, 0.717) is 17.0 Å². The van der Waals surface area contributed by atoms with E-state index < -0.39 is 0 Å². The number of carbonyl (C=O) groups is 2. The summed E-state index contributed by atoms with van der Waals surface area (Å²) in [5, 5.41) is 13.7. The van der Waals surface area contributed by atoms with E-state index in [1.165, 1.54) is 14.0 Å². The van der Waals surface area contributed by atoms with Crippen LogP contribution in [0.2, 0.25) is 0 Å². The van der Waals surface area contributed by atoms with Crippen LogP contribution in [0.15, 0.2) is 36.4 Å². The number of phenols is 1. The van der Waals surface area contributed by atoms with Gasteiger partial charge in [0.15, 0.2) is 17.3 Å². The number of phenolic OH excluding ortho intramolecular Hbond substituents is 1. The first-order chi connectivity index (χ1) is 15.1. The maximum absolute atomic E-state index is 13.1. The summed E-state index contributed by atoms with van der Waals surface area (Å²) in [6, 6.07) is 10.9. The Balaban J connectivity index is 2.32. The van der Waals surface area contributed by atoms with Gasteiger partial charge in [0, 0.05) is 23.2 Å². The van der Waals surface area contributed by atoms with Crippen LogP contribution >= 0.6 is 0 Å². The van der Waals surface area contributed by atoms with Crippen molar-refractivity contribution in [1.82, 2.24) is 0 Å². The molecule has 0 aliphatic rings. The van der Waals surface area contributed by atoms with E-state index in [1.54, 1.807) is 18.2 Å². The molecule has 0 spiro atoms. The molecule has 0 aromatic heterocycles. The molecule has 1 amide bonds. The molecule has 0 aliphatic heterocycles. The minimum atomic E-state index is -0.191. The van der Waals surface area contributed by atoms with Crippen LogP contribution in [-0.4, -0.2) is 23.9 Å². The predicted molar refractivity (Wildman–Crippen MR) is 130 cm³/mol. The third-order valence-electron chi connectivity index (χ3n) is 5.79. The number of ketones is 1. The van der Waals surface area contributed by atoms with Gasteiger partial charge in [-0.25, -0.2) is 0 Å². The molecular weight excluding hydrogens is 402 g/mol. The SMILES string of the molecule is CCCCCC(CC(=O)Nc1cc(C(C)=O)ccc1C(C)(C)C)c1cccc(OC)c1O. The first-order valence-corrected chi connectivity index (χ1v) is 11.4. The average molecular weight is 440 g/mol. The number of nitrogens with one attached hydrogen (secondary N) is 1. The monoisotopic (exact) mass is 439 g/mol. The van der Waals surface area contributed by atoms with E-state index >= 15 is 0 Å². The van der Waals surface area contributed by atoms with Crippen molar-refractivity contribution in [3.05, 3.63) is 53.1 Å². The van der Waals surface area contributed by atoms with Crippen LogP contribution in [0.25, 0.3) is 0 Å². The lowest BCUT2D eigenvalue weighted by Crippen LogP contribution is -2.21. The highest BCUT2D eigenvalue weighted by Crippen LogP contribution is 2.39. The number of rotatable bonds is 10. The van der Waals surface area contributed by atoms with Crippen molar-refractivity contribution in [1.29, 1.82) is 0 Å². The highest BCUT2D eigenvalue weighted by Gasteiger charge is 2.24. The lowest BCUT2D eigenvalue weighted by molar-refractivity contribution is -0.116. The number of hydrogen-bond donors (Lipinski definition) is 2. The highest BCUT2D eigenvalue weighted by atomic mass is 16.5. The van der Waals surface area contributed by atoms with Gasteiger partial charge in [-0.2, -0.15) is 0 Å². The summed E-state index contributed by atoms with van der Waals surface area (Å²) < 4.78 is 5.27. The zero-order chi connectivity index (χ0) is 23.9. The fourth-order valence-corrected chi connectivity index (χ4v) is 3.99. The van der Waals surface area contributed by atoms with Crippen LogP contribution in [0, 0.1) is 0 Å². The molecule has 0 fully saturated rings. The number of carbonyl (C=O) groups excluding carboxylic acids is 2. The smallest absolute Gasteiger partial charge is 0.224 e. The molecule has 2 aromatic carbocycles. The van der Waals surface area contributed by atoms with Crippen molar-refractivity contribution < 1.29 is 19.4 Å². The number of ether oxygens (including phenoxy) is 1. The van der Waals surface area contributed by atoms with Gasteiger partial charge in [0.05, 0.1) is 7.11 Å². The molecule has 32 heavy (non-hydrogen) atoms. The molecule has 2 aromatic rings. The third-order valence-corrected chi connectivity index (χ3v) is 5.79. The number of anilines is 1. The molecule has 0 saturated carbocycles. The second-order valence-corrected chi connectivity index (χ2v) is 9.41. The standard InChI is InChI=1S/C27H37NO4/c1-7-8-9-11-20(21-12-10-13-24(32-6)26(21)31)17-25(30)28-23-16-19(18(2)29)14-15-22(23)27(3,4)5/h10,12-16,20,31H,7-9,11,17H2,1-6H3,(H,28,30). The maximum atomic E-state index is 13.1. The summed E-state index contributed by atoms with van der Waals surface area (Å²) in [5.74, 6) is 0.191. The van der Waals surface area contributed by atoms with Gasteiger partial charge in [-0.15, -0.1) is 0 Å². The Hall–Kier alpha value is -2.82. The molecule has 0 aliphatic carbocycles. The number of benzene rings is 2. The van der Waals surface area contributed by atoms with Crippen LogP contribution in [-0.2, 0) is 10.2 Å². The Morgan fingerprint density at radius 3 is 2.44 bits per heavy atom. The Bertz CT molecular complexity index is 943. The molecule has 0 heterocycles. The largest absolute Gasteiger partial charge is 0.504 e. The third kappa shape index (κ3) is 6.59. The molecule has 0 saturated heterocycles. The zero-order valence-electron chi connectivity index (χ0n) is 20.2. The average Bonchev–Trinajstić information content (AvgIpc) is 2.72. The summed E-state index contributed by atoms with van der Waals surface area (Å²) in [5.41, 5.74) is 2.74. The van der Waals surface area contributed by atoms with Gasteiger partial charge in [0.1, 0.15) is 0 Å². The van der Waals surface area contributed by atoms with Crippen LogP contribution in [0.5, 0.6) is 11.5 Å². The quantitative estimate of drug-likeness (QED) is 0.323. The number of para-hydroxylation sites is 1. The molecule has 0 bridgehead atoms. The fraction of sp³-hybridized carbons (Fsp3) is 0.481. The minimum absolute atomic E-state index is 0.0419. The number of unbranched alkanes of at least 4 members (excludes halogenated alkanes) is 2. The molecule has 1 atom stereocenters. The van der Waals surface area contributed by atoms with Crippen molar-refractivity contribution >= 4 is 17.4 Å². The maximum Gasteiger partial charge on any atom is 0.224 e. The van der Waals surface area contributed by atoms with Gasteiger partial charge in [-0.3, -0.25) is 9.59 Å². The lowest BCUT2D eigenvalue weighted by Gasteiger charge is -2.24. The van der Waals surface area contributed by atoms with Crippen molar-refractivity contribution in [2.24, 2.45) is 0 Å². The van der Waals surface area contributed by atoms with Crippen molar-refractivity contribution in [3.8, 4) is 11.5 Å². The second kappa shape index (κ2) is 11.2. The van der Waals surface area contributed by atoms with Crippen molar-refractivity contribution in [2.75, 3.05) is 12.4 Å². The molecule has 2 rings (SSSR count). The normalized spacial score (nSPS) is 12.3. The van der Waals surface area contributed by atoms with E-state index in [4.69, 9.17) is 4.74 Å². The van der Waals surface area contributed by atoms with Gasteiger partial charge in [0.25, 0.3) is 0 Å². The van der Waals surface area contributed by atoms with Crippen LogP contribution in [0.1, 0.15) is 94.1 Å². The minimum Gasteiger partial charge on any atom is -0.504 e. The van der Waals surface area contributed by atoms with E-state index in [9.17, 15) is 14.7 Å². The van der Waals surface area contributed by atoms with Gasteiger partial charge >= 0.3 is 0 Å². The highest BCUT2D eigenvalue weighted by molar-refractivity contribution is 5.98. The molecule has 5 heteroatoms. The van der Waals surface area contributed by atoms with Gasteiger partial charge in [-0.1, -0.05) is 71.2 Å². The number of methoxy groups -OCH3 is 1. The van der Waals surface area contributed by atoms with Crippen molar-refractivity contribution in [2.45, 2.75) is 78.1 Å². The molecule has 174 valence electrons. The van der Waals surface area contributed by atoms with Crippen LogP contribution in [0.3, 0.4) is 0 Å². The number of amides is 1. The topological polar surface area (TPSA) is 75.6 Å². The van der Waals surface area contributed by atoms with Crippen molar-refractivity contribution in [3.63, 3.8) is 0 Å². The summed E-state index contributed by atoms with van der Waals surface area (Å²) in [6.45, 7) is 9.89. The van der Waals surface area contributed by atoms with Crippen LogP contribution < -0.4 is 10.1 Å². The Kier molecular flexibility index (Phi) is 8.88. The van der Waals surface area contributed by atoms with E-state index in [-0.39, 0.29) is 35.2 Å². The number of hydrogen-bond acceptors (Lipinski definition) is 4. The lowest BCUT2D eigenvalue weighted by atomic mass is 9.84. The first kappa shape index (κ1) is 25.4. The van der Waals surface area contributed by atoms with E-state index in [0.717, 1.165) is 36.8 Å². The van der Waals surface area contributed by atoms with Gasteiger partial charge in [-0.05, 0) is 42.4 Å². The first-order valence-electron chi connectivity index (χ1n) is 11.4. The molecular formula is C27H37NO4. The Labute approximate surface area is 192 Å². The second-order valence-electron chi connectivity index (χ2n) is 9.41. The molecule has 5 nitrogen and oxygen atoms in total. The molecule has 1 unspecified atom stereocenters. The Morgan fingerprint density at radius 2 is 1.84 bits per heavy atom. The molecule has 2 N–H and O–H groups in total. The van der Waals surface area contributed by atoms with E-state index in [1.807, 2.05) is 18.2 Å². The van der Waals surface area contributed by atoms with E-state index in [2.05, 4.69) is 33.0 Å². The number of Topliss-reactive ketones (excluding diaryl/α,β-unsaturated/α-hetero) is 1. The number of aromatic hydroxyl groups is 1. The summed E-state index contributed by atoms with van der Waals surface area (Å²) in [7, 11) is 1.52. The van der Waals surface area contributed by atoms with Gasteiger partial charge in [0.2, 0.25) is 5.91 Å².